The van der Waals surface area contributed by atoms with Crippen LogP contribution >= 0.6 is 23.1 Å². The van der Waals surface area contributed by atoms with E-state index in [2.05, 4.69) is 11.1 Å². The minimum atomic E-state index is 0.0484. The van der Waals surface area contributed by atoms with Crippen molar-refractivity contribution in [2.24, 2.45) is 0 Å². The molecule has 1 aliphatic carbocycles. The van der Waals surface area contributed by atoms with Gasteiger partial charge in [0.2, 0.25) is 5.43 Å². The van der Waals surface area contributed by atoms with E-state index in [1.54, 1.807) is 18.4 Å². The number of fused-ring (bicyclic) bond motifs is 2. The first-order valence-corrected chi connectivity index (χ1v) is 9.74. The summed E-state index contributed by atoms with van der Waals surface area (Å²) in [7, 11) is 1.63. The maximum atomic E-state index is 12.8. The molecule has 0 aliphatic heterocycles. The van der Waals surface area contributed by atoms with Gasteiger partial charge in [-0.2, -0.15) is 5.26 Å². The van der Waals surface area contributed by atoms with Crippen molar-refractivity contribution in [2.75, 3.05) is 12.9 Å². The van der Waals surface area contributed by atoms with Gasteiger partial charge in [-0.3, -0.25) is 9.36 Å². The normalized spacial score (nSPS) is 13.0. The van der Waals surface area contributed by atoms with Crippen LogP contribution in [0.4, 0.5) is 0 Å². The number of hydrogen-bond acceptors (Lipinski definition) is 6. The van der Waals surface area contributed by atoms with Crippen molar-refractivity contribution in [1.82, 2.24) is 9.55 Å². The lowest BCUT2D eigenvalue weighted by Gasteiger charge is -2.09. The molecule has 0 unspecified atom stereocenters. The van der Waals surface area contributed by atoms with E-state index >= 15 is 0 Å². The molecule has 1 aliphatic rings. The fourth-order valence-electron chi connectivity index (χ4n) is 3.11. The van der Waals surface area contributed by atoms with E-state index in [1.165, 1.54) is 16.6 Å². The molecule has 0 atom stereocenters. The summed E-state index contributed by atoms with van der Waals surface area (Å²) in [6, 6.07) is 9.79. The van der Waals surface area contributed by atoms with Gasteiger partial charge in [-0.05, 0) is 43.5 Å². The SMILES string of the molecule is COc1ccc(-n2c(SCC#N)nc3c(=O)c4c(sc32)CCC4)cc1. The first-order chi connectivity index (χ1) is 12.2. The lowest BCUT2D eigenvalue weighted by Crippen LogP contribution is -2.07. The van der Waals surface area contributed by atoms with Crippen LogP contribution in [0.15, 0.2) is 34.2 Å². The number of nitrogens with zero attached hydrogens (tertiary/aromatic N) is 3. The Morgan fingerprint density at radius 3 is 2.88 bits per heavy atom. The highest BCUT2D eigenvalue weighted by Gasteiger charge is 2.23. The number of imidazole rings is 1. The molecule has 2 heterocycles. The van der Waals surface area contributed by atoms with Crippen LogP contribution in [0.2, 0.25) is 0 Å². The van der Waals surface area contributed by atoms with Gasteiger partial charge >= 0.3 is 0 Å². The van der Waals surface area contributed by atoms with Crippen molar-refractivity contribution in [3.8, 4) is 17.5 Å². The van der Waals surface area contributed by atoms with E-state index in [4.69, 9.17) is 10.00 Å². The largest absolute Gasteiger partial charge is 0.497 e. The zero-order chi connectivity index (χ0) is 17.4. The fourth-order valence-corrected chi connectivity index (χ4v) is 5.16. The van der Waals surface area contributed by atoms with Crippen LogP contribution in [-0.4, -0.2) is 22.4 Å². The van der Waals surface area contributed by atoms with Crippen LogP contribution in [0, 0.1) is 11.3 Å². The summed E-state index contributed by atoms with van der Waals surface area (Å²) in [5.74, 6) is 1.06. The van der Waals surface area contributed by atoms with E-state index in [0.717, 1.165) is 41.1 Å². The second kappa shape index (κ2) is 6.54. The molecule has 126 valence electrons. The van der Waals surface area contributed by atoms with Gasteiger partial charge in [-0.1, -0.05) is 11.8 Å². The molecule has 4 rings (SSSR count). The van der Waals surface area contributed by atoms with Gasteiger partial charge in [0.25, 0.3) is 0 Å². The minimum Gasteiger partial charge on any atom is -0.497 e. The van der Waals surface area contributed by atoms with Gasteiger partial charge in [-0.25, -0.2) is 4.98 Å². The molecule has 2 aromatic heterocycles. The molecule has 25 heavy (non-hydrogen) atoms. The number of methoxy groups -OCH3 is 1. The monoisotopic (exact) mass is 369 g/mol. The van der Waals surface area contributed by atoms with Crippen LogP contribution in [0.5, 0.6) is 5.75 Å². The van der Waals surface area contributed by atoms with Gasteiger partial charge in [-0.15, -0.1) is 11.3 Å². The Morgan fingerprint density at radius 2 is 2.16 bits per heavy atom. The second-order valence-corrected chi connectivity index (χ2v) is 7.74. The van der Waals surface area contributed by atoms with Crippen LogP contribution in [0.3, 0.4) is 0 Å². The van der Waals surface area contributed by atoms with E-state index in [-0.39, 0.29) is 11.2 Å². The third-order valence-electron chi connectivity index (χ3n) is 4.28. The molecular formula is C18H15N3O2S2. The Bertz CT molecular complexity index is 1050. The van der Waals surface area contributed by atoms with Crippen molar-refractivity contribution >= 4 is 33.4 Å². The average molecular weight is 369 g/mol. The number of ether oxygens (including phenoxy) is 1. The van der Waals surface area contributed by atoms with E-state index in [0.29, 0.717) is 10.7 Å². The molecular weight excluding hydrogens is 354 g/mol. The number of aryl methyl sites for hydroxylation is 1. The van der Waals surface area contributed by atoms with Crippen LogP contribution in [0.25, 0.3) is 16.0 Å². The van der Waals surface area contributed by atoms with Crippen molar-refractivity contribution in [1.29, 1.82) is 5.26 Å². The van der Waals surface area contributed by atoms with E-state index < -0.39 is 0 Å². The highest BCUT2D eigenvalue weighted by molar-refractivity contribution is 7.99. The van der Waals surface area contributed by atoms with Crippen molar-refractivity contribution in [3.63, 3.8) is 0 Å². The maximum Gasteiger partial charge on any atom is 0.211 e. The Hall–Kier alpha value is -2.30. The summed E-state index contributed by atoms with van der Waals surface area (Å²) in [5, 5.41) is 9.62. The van der Waals surface area contributed by atoms with Crippen molar-refractivity contribution in [3.05, 3.63) is 44.9 Å². The van der Waals surface area contributed by atoms with Gasteiger partial charge in [0.15, 0.2) is 5.16 Å². The topological polar surface area (TPSA) is 67.9 Å². The van der Waals surface area contributed by atoms with Gasteiger partial charge in [0.05, 0.1) is 18.9 Å². The minimum absolute atomic E-state index is 0.0484. The van der Waals surface area contributed by atoms with Crippen LogP contribution in [0.1, 0.15) is 16.9 Å². The molecule has 0 amide bonds. The van der Waals surface area contributed by atoms with Crippen molar-refractivity contribution in [2.45, 2.75) is 24.4 Å². The number of nitriles is 1. The molecule has 5 nitrogen and oxygen atoms in total. The zero-order valence-electron chi connectivity index (χ0n) is 13.6. The number of thioether (sulfide) groups is 1. The number of hydrogen-bond donors (Lipinski definition) is 0. The smallest absolute Gasteiger partial charge is 0.211 e. The number of rotatable bonds is 4. The molecule has 7 heteroatoms. The molecule has 0 saturated carbocycles. The molecule has 1 aromatic carbocycles. The standard InChI is InChI=1S/C18H15N3O2S2/c1-23-12-7-5-11(6-8-12)21-17-15(20-18(21)24-10-9-19)16(22)13-3-2-4-14(13)25-17/h5-8H,2-4,10H2,1H3. The van der Waals surface area contributed by atoms with E-state index in [9.17, 15) is 4.79 Å². The predicted molar refractivity (Wildman–Crippen MR) is 100 cm³/mol. The molecule has 0 radical (unpaired) electrons. The Kier molecular flexibility index (Phi) is 4.24. The first kappa shape index (κ1) is 16.2. The predicted octanol–water partition coefficient (Wildman–Crippen LogP) is 3.56. The summed E-state index contributed by atoms with van der Waals surface area (Å²) in [6.07, 6.45) is 2.84. The summed E-state index contributed by atoms with van der Waals surface area (Å²) in [6.45, 7) is 0. The Balaban J connectivity index is 1.97. The van der Waals surface area contributed by atoms with Crippen LogP contribution in [-0.2, 0) is 12.8 Å². The van der Waals surface area contributed by atoms with Crippen LogP contribution < -0.4 is 10.2 Å². The highest BCUT2D eigenvalue weighted by atomic mass is 32.2. The van der Waals surface area contributed by atoms with Gasteiger partial charge in [0.1, 0.15) is 16.1 Å². The molecule has 0 saturated heterocycles. The molecule has 3 aromatic rings. The molecule has 0 fully saturated rings. The van der Waals surface area contributed by atoms with Gasteiger partial charge in [0, 0.05) is 16.1 Å². The summed E-state index contributed by atoms with van der Waals surface area (Å²) in [5.41, 5.74) is 2.40. The first-order valence-electron chi connectivity index (χ1n) is 7.94. The fraction of sp³-hybridized carbons (Fsp3) is 0.278. The Morgan fingerprint density at radius 1 is 1.36 bits per heavy atom. The molecule has 0 N–H and O–H groups in total. The number of aromatic nitrogens is 2. The second-order valence-electron chi connectivity index (χ2n) is 5.71. The van der Waals surface area contributed by atoms with E-state index in [1.807, 2.05) is 28.8 Å². The third kappa shape index (κ3) is 2.71. The lowest BCUT2D eigenvalue weighted by molar-refractivity contribution is 0.414. The summed E-state index contributed by atoms with van der Waals surface area (Å²) < 4.78 is 7.22. The average Bonchev–Trinajstić information content (AvgIpc) is 3.25. The highest BCUT2D eigenvalue weighted by Crippen LogP contribution is 2.34. The summed E-state index contributed by atoms with van der Waals surface area (Å²) >= 11 is 3.00. The van der Waals surface area contributed by atoms with Crippen molar-refractivity contribution < 1.29 is 4.74 Å². The summed E-state index contributed by atoms with van der Waals surface area (Å²) in [4.78, 5) is 19.4. The zero-order valence-corrected chi connectivity index (χ0v) is 15.2. The Labute approximate surface area is 152 Å². The molecule has 0 spiro atoms. The quantitative estimate of drug-likeness (QED) is 0.658. The third-order valence-corrected chi connectivity index (χ3v) is 6.35. The maximum absolute atomic E-state index is 12.8. The number of benzene rings is 1. The lowest BCUT2D eigenvalue weighted by atomic mass is 10.2. The van der Waals surface area contributed by atoms with Gasteiger partial charge < -0.3 is 4.74 Å². The molecule has 0 bridgehead atoms.